The van der Waals surface area contributed by atoms with Gasteiger partial charge in [0.25, 0.3) is 0 Å². The van der Waals surface area contributed by atoms with E-state index < -0.39 is 14.3 Å². The minimum Gasteiger partial charge on any atom is -0.198 e. The first-order valence-corrected chi connectivity index (χ1v) is 9.74. The maximum atomic E-state index is 14.5. The van der Waals surface area contributed by atoms with Crippen molar-refractivity contribution in [3.63, 3.8) is 0 Å². The van der Waals surface area contributed by atoms with E-state index in [2.05, 4.69) is 17.5 Å². The van der Waals surface area contributed by atoms with Gasteiger partial charge in [0.15, 0.2) is 0 Å². The molecule has 0 amide bonds. The summed E-state index contributed by atoms with van der Waals surface area (Å²) in [5, 5.41) is 0. The maximum absolute atomic E-state index is 14.5. The molecule has 0 aliphatic heterocycles. The van der Waals surface area contributed by atoms with Gasteiger partial charge in [-0.1, -0.05) is 50.1 Å². The third kappa shape index (κ3) is 4.52. The van der Waals surface area contributed by atoms with Crippen molar-refractivity contribution >= 4 is 13.8 Å². The van der Waals surface area contributed by atoms with Crippen LogP contribution in [0.3, 0.4) is 0 Å². The van der Waals surface area contributed by atoms with Crippen LogP contribution >= 0.6 is 8.25 Å². The number of rotatable bonds is 6. The fourth-order valence-electron chi connectivity index (χ4n) is 3.41. The first-order valence-electron chi connectivity index (χ1n) is 8.61. The molecule has 1 atom stereocenters. The summed E-state index contributed by atoms with van der Waals surface area (Å²) >= 11 is 0. The molecule has 5 heteroatoms. The first-order chi connectivity index (χ1) is 11.6. The van der Waals surface area contributed by atoms with Crippen molar-refractivity contribution in [2.24, 2.45) is 0 Å². The van der Waals surface area contributed by atoms with Crippen LogP contribution in [0.5, 0.6) is 0 Å². The lowest BCUT2D eigenvalue weighted by Crippen LogP contribution is -2.04. The quantitative estimate of drug-likeness (QED) is 0.488. The summed E-state index contributed by atoms with van der Waals surface area (Å²) in [6, 6.07) is 7.07. The number of hydrogen-bond donors (Lipinski definition) is 1. The second-order valence-corrected chi connectivity index (χ2v) is 6.64. The van der Waals surface area contributed by atoms with Gasteiger partial charge < -0.3 is 0 Å². The van der Waals surface area contributed by atoms with Crippen LogP contribution in [0.25, 0.3) is 5.57 Å². The van der Waals surface area contributed by atoms with Crippen LogP contribution in [0.15, 0.2) is 41.4 Å². The molecule has 1 aliphatic carbocycles. The predicted molar refractivity (Wildman–Crippen MR) is 95.2 cm³/mol. The standard InChI is InChI=1S/C19H24FO3P/c1-3-14-10-8-9-13-17(14)18(15-11-6-5-7-12-15)16(4-2)19(20)23-24(21)22/h8-10,13H,3-7,11-12H2,1-2H3/p+1/b19-16-. The Hall–Kier alpha value is -1.51. The van der Waals surface area contributed by atoms with Crippen molar-refractivity contribution in [1.29, 1.82) is 0 Å². The molecule has 0 spiro atoms. The van der Waals surface area contributed by atoms with E-state index in [9.17, 15) is 8.96 Å². The molecule has 1 N–H and O–H groups in total. The molecule has 0 radical (unpaired) electrons. The highest BCUT2D eigenvalue weighted by Crippen LogP contribution is 2.40. The van der Waals surface area contributed by atoms with E-state index in [1.54, 1.807) is 0 Å². The molecule has 1 aromatic rings. The lowest BCUT2D eigenvalue weighted by atomic mass is 9.82. The number of halogens is 1. The Bertz CT molecular complexity index is 656. The summed E-state index contributed by atoms with van der Waals surface area (Å²) in [5.74, 6) is 0. The van der Waals surface area contributed by atoms with Crippen molar-refractivity contribution in [2.75, 3.05) is 0 Å². The zero-order chi connectivity index (χ0) is 17.5. The Morgan fingerprint density at radius 3 is 2.46 bits per heavy atom. The highest BCUT2D eigenvalue weighted by Gasteiger charge is 2.26. The minimum atomic E-state index is -3.01. The monoisotopic (exact) mass is 351 g/mol. The van der Waals surface area contributed by atoms with Gasteiger partial charge in [0, 0.05) is 10.1 Å². The summed E-state index contributed by atoms with van der Waals surface area (Å²) < 4.78 is 30.0. The zero-order valence-electron chi connectivity index (χ0n) is 14.3. The Morgan fingerprint density at radius 1 is 1.21 bits per heavy atom. The van der Waals surface area contributed by atoms with E-state index in [1.807, 2.05) is 25.1 Å². The summed E-state index contributed by atoms with van der Waals surface area (Å²) in [7, 11) is -3.01. The number of aryl methyl sites for hydroxylation is 1. The average molecular weight is 351 g/mol. The summed E-state index contributed by atoms with van der Waals surface area (Å²) in [6.45, 7) is 3.93. The van der Waals surface area contributed by atoms with Crippen molar-refractivity contribution in [3.05, 3.63) is 52.6 Å². The van der Waals surface area contributed by atoms with Gasteiger partial charge in [-0.05, 0) is 55.2 Å². The molecular formula is C19H25FO3P+. The van der Waals surface area contributed by atoms with Gasteiger partial charge in [-0.2, -0.15) is 8.91 Å². The van der Waals surface area contributed by atoms with E-state index in [1.165, 1.54) is 12.0 Å². The van der Waals surface area contributed by atoms with E-state index in [0.29, 0.717) is 12.0 Å². The highest BCUT2D eigenvalue weighted by molar-refractivity contribution is 7.32. The van der Waals surface area contributed by atoms with Crippen LogP contribution < -0.4 is 0 Å². The smallest absolute Gasteiger partial charge is 0.198 e. The van der Waals surface area contributed by atoms with Crippen LogP contribution in [0, 0.1) is 0 Å². The molecule has 2 rings (SSSR count). The lowest BCUT2D eigenvalue weighted by Gasteiger charge is -2.22. The molecular weight excluding hydrogens is 326 g/mol. The molecule has 1 aliphatic rings. The third-order valence-corrected chi connectivity index (χ3v) is 4.85. The van der Waals surface area contributed by atoms with Crippen LogP contribution in [0.1, 0.15) is 63.5 Å². The van der Waals surface area contributed by atoms with E-state index in [0.717, 1.165) is 48.8 Å². The molecule has 1 aromatic carbocycles. The van der Waals surface area contributed by atoms with Crippen LogP contribution in [-0.4, -0.2) is 4.89 Å². The molecule has 1 saturated carbocycles. The molecule has 0 bridgehead atoms. The van der Waals surface area contributed by atoms with Gasteiger partial charge >= 0.3 is 14.3 Å². The van der Waals surface area contributed by atoms with Crippen LogP contribution in [0.4, 0.5) is 4.39 Å². The molecule has 130 valence electrons. The number of benzene rings is 1. The zero-order valence-corrected chi connectivity index (χ0v) is 15.2. The second kappa shape index (κ2) is 9.10. The molecule has 3 nitrogen and oxygen atoms in total. The summed E-state index contributed by atoms with van der Waals surface area (Å²) in [5.41, 5.74) is 4.67. The van der Waals surface area contributed by atoms with Gasteiger partial charge in [-0.25, -0.2) is 0 Å². The molecule has 0 aromatic heterocycles. The van der Waals surface area contributed by atoms with E-state index in [-0.39, 0.29) is 0 Å². The van der Waals surface area contributed by atoms with Gasteiger partial charge in [0.05, 0.1) is 0 Å². The Balaban J connectivity index is 2.65. The Labute approximate surface area is 144 Å². The molecule has 24 heavy (non-hydrogen) atoms. The minimum absolute atomic E-state index is 0.394. The maximum Gasteiger partial charge on any atom is 0.749 e. The summed E-state index contributed by atoms with van der Waals surface area (Å²) in [6.07, 6.45) is 6.53. The Kier molecular flexibility index (Phi) is 7.14. The molecule has 0 saturated heterocycles. The SMILES string of the molecule is CC/C(C(=C1CCCCC1)c1ccccc1CC)=C(\F)O[P+](=O)O. The van der Waals surface area contributed by atoms with Crippen molar-refractivity contribution < 1.29 is 18.4 Å². The second-order valence-electron chi connectivity index (χ2n) is 5.98. The third-order valence-electron chi connectivity index (χ3n) is 4.53. The van der Waals surface area contributed by atoms with E-state index >= 15 is 0 Å². The number of allylic oxidation sites excluding steroid dienone is 3. The molecule has 0 heterocycles. The lowest BCUT2D eigenvalue weighted by molar-refractivity contribution is 0.271. The first kappa shape index (κ1) is 18.8. The van der Waals surface area contributed by atoms with Crippen LogP contribution in [0.2, 0.25) is 0 Å². The van der Waals surface area contributed by atoms with Crippen LogP contribution in [-0.2, 0) is 15.5 Å². The topological polar surface area (TPSA) is 46.5 Å². The summed E-state index contributed by atoms with van der Waals surface area (Å²) in [4.78, 5) is 8.93. The predicted octanol–water partition coefficient (Wildman–Crippen LogP) is 6.22. The fraction of sp³-hybridized carbons (Fsp3) is 0.474. The fourth-order valence-corrected chi connectivity index (χ4v) is 3.65. The van der Waals surface area contributed by atoms with Crippen molar-refractivity contribution in [1.82, 2.24) is 0 Å². The van der Waals surface area contributed by atoms with Crippen molar-refractivity contribution in [2.45, 2.75) is 58.8 Å². The van der Waals surface area contributed by atoms with E-state index in [4.69, 9.17) is 4.89 Å². The van der Waals surface area contributed by atoms with Crippen molar-refractivity contribution in [3.8, 4) is 0 Å². The molecule has 1 fully saturated rings. The largest absolute Gasteiger partial charge is 0.749 e. The normalized spacial score (nSPS) is 16.5. The Morgan fingerprint density at radius 2 is 1.88 bits per heavy atom. The van der Waals surface area contributed by atoms with Gasteiger partial charge in [0.2, 0.25) is 0 Å². The highest BCUT2D eigenvalue weighted by atomic mass is 31.1. The molecule has 1 unspecified atom stereocenters. The van der Waals surface area contributed by atoms with Gasteiger partial charge in [-0.15, -0.1) is 4.89 Å². The van der Waals surface area contributed by atoms with Gasteiger partial charge in [0.1, 0.15) is 0 Å². The number of hydrogen-bond acceptors (Lipinski definition) is 2. The average Bonchev–Trinajstić information content (AvgIpc) is 2.59. The van der Waals surface area contributed by atoms with Gasteiger partial charge in [-0.3, -0.25) is 0 Å².